The van der Waals surface area contributed by atoms with Gasteiger partial charge in [0.2, 0.25) is 5.91 Å². The summed E-state index contributed by atoms with van der Waals surface area (Å²) in [6, 6.07) is 10.3. The molecular formula is C27H28N4O3S3. The fourth-order valence-electron chi connectivity index (χ4n) is 4.71. The Kier molecular flexibility index (Phi) is 7.50. The summed E-state index contributed by atoms with van der Waals surface area (Å²) in [6.45, 7) is 4.32. The van der Waals surface area contributed by atoms with E-state index >= 15 is 0 Å². The van der Waals surface area contributed by atoms with Crippen molar-refractivity contribution < 1.29 is 14.3 Å². The van der Waals surface area contributed by atoms with Gasteiger partial charge in [0.15, 0.2) is 11.0 Å². The van der Waals surface area contributed by atoms with Gasteiger partial charge in [0.05, 0.1) is 18.4 Å². The van der Waals surface area contributed by atoms with Gasteiger partial charge >= 0.3 is 5.97 Å². The minimum Gasteiger partial charge on any atom is -0.465 e. The number of ether oxygens (including phenoxy) is 1. The van der Waals surface area contributed by atoms with Crippen molar-refractivity contribution in [3.63, 3.8) is 0 Å². The lowest BCUT2D eigenvalue weighted by molar-refractivity contribution is -0.113. The van der Waals surface area contributed by atoms with Gasteiger partial charge in [-0.1, -0.05) is 49.0 Å². The molecular weight excluding hydrogens is 525 g/mol. The zero-order valence-corrected chi connectivity index (χ0v) is 23.6. The Bertz CT molecular complexity index is 1460. The van der Waals surface area contributed by atoms with Gasteiger partial charge in [-0.2, -0.15) is 0 Å². The predicted molar refractivity (Wildman–Crippen MR) is 151 cm³/mol. The van der Waals surface area contributed by atoms with Crippen LogP contribution in [0.25, 0.3) is 22.5 Å². The number of methoxy groups -OCH3 is 1. The number of aromatic nitrogens is 3. The highest BCUT2D eigenvalue weighted by Crippen LogP contribution is 2.41. The van der Waals surface area contributed by atoms with Gasteiger partial charge < -0.3 is 14.6 Å². The van der Waals surface area contributed by atoms with E-state index in [1.807, 2.05) is 29.8 Å². The fourth-order valence-corrected chi connectivity index (χ4v) is 7.70. The van der Waals surface area contributed by atoms with Crippen molar-refractivity contribution in [2.24, 2.45) is 13.0 Å². The number of nitrogens with zero attached hydrogens (tertiary/aromatic N) is 3. The normalized spacial score (nSPS) is 14.9. The molecule has 1 N–H and O–H groups in total. The smallest absolute Gasteiger partial charge is 0.341 e. The van der Waals surface area contributed by atoms with Gasteiger partial charge in [-0.05, 0) is 43.2 Å². The van der Waals surface area contributed by atoms with E-state index in [-0.39, 0.29) is 11.7 Å². The molecule has 10 heteroatoms. The third kappa shape index (κ3) is 5.10. The first-order valence-corrected chi connectivity index (χ1v) is 14.7. The van der Waals surface area contributed by atoms with Gasteiger partial charge in [-0.25, -0.2) is 4.79 Å². The first kappa shape index (κ1) is 25.7. The van der Waals surface area contributed by atoms with Crippen molar-refractivity contribution in [2.75, 3.05) is 18.2 Å². The van der Waals surface area contributed by atoms with Crippen molar-refractivity contribution >= 4 is 51.3 Å². The van der Waals surface area contributed by atoms with E-state index in [2.05, 4.69) is 46.9 Å². The quantitative estimate of drug-likeness (QED) is 0.216. The molecule has 4 aromatic rings. The Morgan fingerprint density at radius 3 is 2.78 bits per heavy atom. The SMILES string of the molecule is COC(=O)c1c(NC(=O)CSc2nnc(-c3csc(C)c3-c3ccccc3)n2C)sc2c1CCC(C)C2. The maximum atomic E-state index is 12.9. The van der Waals surface area contributed by atoms with Crippen LogP contribution in [0.15, 0.2) is 40.9 Å². The van der Waals surface area contributed by atoms with Crippen LogP contribution >= 0.6 is 34.4 Å². The molecule has 1 atom stereocenters. The predicted octanol–water partition coefficient (Wildman–Crippen LogP) is 6.22. The van der Waals surface area contributed by atoms with Crippen LogP contribution in [0.1, 0.15) is 39.0 Å². The summed E-state index contributed by atoms with van der Waals surface area (Å²) in [5.74, 6) is 0.894. The van der Waals surface area contributed by atoms with E-state index in [0.717, 1.165) is 47.3 Å². The summed E-state index contributed by atoms with van der Waals surface area (Å²) in [7, 11) is 3.30. The van der Waals surface area contributed by atoms with Crippen molar-refractivity contribution in [3.8, 4) is 22.5 Å². The largest absolute Gasteiger partial charge is 0.465 e. The summed E-state index contributed by atoms with van der Waals surface area (Å²) in [5, 5.41) is 15.1. The van der Waals surface area contributed by atoms with Crippen LogP contribution in [-0.2, 0) is 29.4 Å². The zero-order valence-electron chi connectivity index (χ0n) is 21.2. The number of anilines is 1. The molecule has 0 radical (unpaired) electrons. The first-order chi connectivity index (χ1) is 17.9. The van der Waals surface area contributed by atoms with E-state index in [9.17, 15) is 9.59 Å². The van der Waals surface area contributed by atoms with Gasteiger partial charge in [-0.3, -0.25) is 4.79 Å². The summed E-state index contributed by atoms with van der Waals surface area (Å²) in [4.78, 5) is 27.8. The highest BCUT2D eigenvalue weighted by atomic mass is 32.2. The summed E-state index contributed by atoms with van der Waals surface area (Å²) in [5.41, 5.74) is 4.86. The van der Waals surface area contributed by atoms with Gasteiger partial charge in [0.1, 0.15) is 5.00 Å². The Balaban J connectivity index is 1.32. The number of benzene rings is 1. The molecule has 7 nitrogen and oxygen atoms in total. The van der Waals surface area contributed by atoms with Crippen LogP contribution in [0.3, 0.4) is 0 Å². The monoisotopic (exact) mass is 552 g/mol. The van der Waals surface area contributed by atoms with Crippen molar-refractivity contribution in [1.29, 1.82) is 0 Å². The standard InChI is InChI=1S/C27H28N4O3S3/c1-15-10-11-18-20(12-15)37-25(23(18)26(33)34-4)28-21(32)14-36-27-30-29-24(31(27)3)19-13-35-16(2)22(19)17-8-6-5-7-9-17/h5-9,13,15H,10-12,14H2,1-4H3,(H,28,32). The molecule has 1 unspecified atom stereocenters. The number of carbonyl (C=O) groups excluding carboxylic acids is 2. The molecule has 0 fully saturated rings. The highest BCUT2D eigenvalue weighted by Gasteiger charge is 2.29. The Morgan fingerprint density at radius 2 is 2.03 bits per heavy atom. The number of nitrogens with one attached hydrogen (secondary N) is 1. The summed E-state index contributed by atoms with van der Waals surface area (Å²) < 4.78 is 6.96. The minimum absolute atomic E-state index is 0.153. The maximum Gasteiger partial charge on any atom is 0.341 e. The molecule has 1 aliphatic rings. The zero-order chi connectivity index (χ0) is 26.1. The van der Waals surface area contributed by atoms with E-state index in [0.29, 0.717) is 21.6 Å². The molecule has 1 aliphatic carbocycles. The highest BCUT2D eigenvalue weighted by molar-refractivity contribution is 7.99. The first-order valence-electron chi connectivity index (χ1n) is 12.1. The molecule has 192 valence electrons. The van der Waals surface area contributed by atoms with Crippen LogP contribution in [-0.4, -0.2) is 39.5 Å². The van der Waals surface area contributed by atoms with Crippen LogP contribution in [0.5, 0.6) is 0 Å². The Morgan fingerprint density at radius 1 is 1.24 bits per heavy atom. The van der Waals surface area contributed by atoms with Crippen LogP contribution in [0.4, 0.5) is 5.00 Å². The number of hydrogen-bond donors (Lipinski definition) is 1. The topological polar surface area (TPSA) is 86.1 Å². The van der Waals surface area contributed by atoms with Crippen molar-refractivity contribution in [3.05, 3.63) is 56.6 Å². The number of esters is 1. The third-order valence-electron chi connectivity index (χ3n) is 6.60. The average molecular weight is 553 g/mol. The molecule has 1 amide bonds. The molecule has 0 spiro atoms. The molecule has 3 aromatic heterocycles. The number of rotatable bonds is 7. The molecule has 0 saturated heterocycles. The second kappa shape index (κ2) is 10.8. The minimum atomic E-state index is -0.395. The van der Waals surface area contributed by atoms with E-state index < -0.39 is 5.97 Å². The lowest BCUT2D eigenvalue weighted by atomic mass is 9.88. The molecule has 0 aliphatic heterocycles. The number of hydrogen-bond acceptors (Lipinski definition) is 8. The molecule has 5 rings (SSSR count). The number of fused-ring (bicyclic) bond motifs is 1. The molecule has 1 aromatic carbocycles. The second-order valence-corrected chi connectivity index (χ2v) is 12.3. The third-order valence-corrected chi connectivity index (χ3v) is 9.70. The molecule has 0 bridgehead atoms. The molecule has 3 heterocycles. The Labute approximate surface area is 228 Å². The lowest BCUT2D eigenvalue weighted by Crippen LogP contribution is -2.17. The fraction of sp³-hybridized carbons (Fsp3) is 0.333. The van der Waals surface area contributed by atoms with Crippen LogP contribution < -0.4 is 5.32 Å². The average Bonchev–Trinajstić information content (AvgIpc) is 3.56. The van der Waals surface area contributed by atoms with Crippen molar-refractivity contribution in [2.45, 2.75) is 38.3 Å². The lowest BCUT2D eigenvalue weighted by Gasteiger charge is -2.18. The van der Waals surface area contributed by atoms with Crippen LogP contribution in [0, 0.1) is 12.8 Å². The number of carbonyl (C=O) groups is 2. The second-order valence-electron chi connectivity index (χ2n) is 9.20. The van der Waals surface area contributed by atoms with Gasteiger partial charge in [0.25, 0.3) is 0 Å². The summed E-state index contributed by atoms with van der Waals surface area (Å²) >= 11 is 4.50. The van der Waals surface area contributed by atoms with E-state index in [1.165, 1.54) is 40.0 Å². The number of thiophene rings is 2. The Hall–Kier alpha value is -2.95. The molecule has 37 heavy (non-hydrogen) atoms. The van der Waals surface area contributed by atoms with E-state index in [4.69, 9.17) is 4.74 Å². The molecule has 0 saturated carbocycles. The van der Waals surface area contributed by atoms with Gasteiger partial charge in [0, 0.05) is 33.3 Å². The van der Waals surface area contributed by atoms with Gasteiger partial charge in [-0.15, -0.1) is 32.9 Å². The van der Waals surface area contributed by atoms with Crippen LogP contribution in [0.2, 0.25) is 0 Å². The number of amides is 1. The van der Waals surface area contributed by atoms with Crippen molar-refractivity contribution in [1.82, 2.24) is 14.8 Å². The summed E-state index contributed by atoms with van der Waals surface area (Å²) in [6.07, 6.45) is 2.78. The number of thioether (sulfide) groups is 1. The number of aryl methyl sites for hydroxylation is 1. The van der Waals surface area contributed by atoms with E-state index in [1.54, 1.807) is 11.3 Å². The maximum absolute atomic E-state index is 12.9.